The van der Waals surface area contributed by atoms with Crippen LogP contribution in [-0.4, -0.2) is 20.7 Å². The number of carbonyl (C=O) groups is 1. The van der Waals surface area contributed by atoms with Crippen molar-refractivity contribution in [3.05, 3.63) is 102 Å². The second kappa shape index (κ2) is 8.35. The van der Waals surface area contributed by atoms with E-state index in [4.69, 9.17) is 0 Å². The summed E-state index contributed by atoms with van der Waals surface area (Å²) in [6.45, 7) is 0.394. The van der Waals surface area contributed by atoms with Crippen molar-refractivity contribution in [1.29, 1.82) is 0 Å². The highest BCUT2D eigenvalue weighted by Crippen LogP contribution is 2.19. The molecule has 2 N–H and O–H groups in total. The first kappa shape index (κ1) is 18.4. The third-order valence-electron chi connectivity index (χ3n) is 4.25. The molecule has 0 saturated carbocycles. The molecule has 29 heavy (non-hydrogen) atoms. The summed E-state index contributed by atoms with van der Waals surface area (Å²) in [6.07, 6.45) is 3.29. The number of pyridine rings is 1. The monoisotopic (exact) mass is 387 g/mol. The average Bonchev–Trinajstić information content (AvgIpc) is 3.19. The Kier molecular flexibility index (Phi) is 5.29. The topological polar surface area (TPSA) is 71.8 Å². The third-order valence-corrected chi connectivity index (χ3v) is 4.25. The quantitative estimate of drug-likeness (QED) is 0.518. The van der Waals surface area contributed by atoms with E-state index in [0.29, 0.717) is 29.4 Å². The molecule has 0 saturated heterocycles. The molecule has 4 rings (SSSR count). The number of amides is 1. The molecular formula is C22H18FN5O. The Labute approximate surface area is 167 Å². The predicted octanol–water partition coefficient (Wildman–Crippen LogP) is 4.27. The molecule has 0 radical (unpaired) electrons. The molecule has 0 spiro atoms. The van der Waals surface area contributed by atoms with Gasteiger partial charge in [0.15, 0.2) is 11.6 Å². The van der Waals surface area contributed by atoms with Gasteiger partial charge in [-0.25, -0.2) is 14.1 Å². The highest BCUT2D eigenvalue weighted by Gasteiger charge is 2.18. The fourth-order valence-electron chi connectivity index (χ4n) is 2.79. The molecule has 0 fully saturated rings. The first-order valence-electron chi connectivity index (χ1n) is 9.05. The van der Waals surface area contributed by atoms with Crippen LogP contribution in [0.4, 0.5) is 15.9 Å². The average molecular weight is 387 g/mol. The molecule has 0 aliphatic rings. The molecule has 0 aliphatic heterocycles. The Morgan fingerprint density at radius 1 is 0.966 bits per heavy atom. The lowest BCUT2D eigenvalue weighted by Gasteiger charge is -2.07. The Balaban J connectivity index is 1.61. The SMILES string of the molecule is O=C(Nc1ccccc1)c1cn(-c2ccccn2)nc1NCc1ccc(F)cc1. The number of anilines is 2. The first-order chi connectivity index (χ1) is 14.2. The van der Waals surface area contributed by atoms with Gasteiger partial charge in [0.2, 0.25) is 0 Å². The van der Waals surface area contributed by atoms with Crippen LogP contribution >= 0.6 is 0 Å². The Morgan fingerprint density at radius 2 is 1.72 bits per heavy atom. The summed E-state index contributed by atoms with van der Waals surface area (Å²) >= 11 is 0. The van der Waals surface area contributed by atoms with Gasteiger partial charge in [-0.1, -0.05) is 36.4 Å². The molecule has 0 atom stereocenters. The maximum atomic E-state index is 13.1. The van der Waals surface area contributed by atoms with Crippen molar-refractivity contribution in [1.82, 2.24) is 14.8 Å². The van der Waals surface area contributed by atoms with E-state index >= 15 is 0 Å². The van der Waals surface area contributed by atoms with Crippen molar-refractivity contribution in [3.8, 4) is 5.82 Å². The molecule has 144 valence electrons. The molecular weight excluding hydrogens is 369 g/mol. The number of carbonyl (C=O) groups excluding carboxylic acids is 1. The van der Waals surface area contributed by atoms with E-state index in [0.717, 1.165) is 5.56 Å². The molecule has 7 heteroatoms. The van der Waals surface area contributed by atoms with Crippen LogP contribution in [0, 0.1) is 5.82 Å². The number of rotatable bonds is 6. The summed E-state index contributed by atoms with van der Waals surface area (Å²) in [4.78, 5) is 17.1. The van der Waals surface area contributed by atoms with Crippen molar-refractivity contribution < 1.29 is 9.18 Å². The lowest BCUT2D eigenvalue weighted by Crippen LogP contribution is -2.13. The van der Waals surface area contributed by atoms with Gasteiger partial charge in [-0.05, 0) is 42.0 Å². The summed E-state index contributed by atoms with van der Waals surface area (Å²) < 4.78 is 14.7. The number of benzene rings is 2. The standard InChI is InChI=1S/C22H18FN5O/c23-17-11-9-16(10-12-17)14-25-21-19(22(29)26-18-6-2-1-3-7-18)15-28(27-21)20-8-4-5-13-24-20/h1-13,15H,14H2,(H,25,27)(H,26,29). The molecule has 0 unspecified atom stereocenters. The van der Waals surface area contributed by atoms with Gasteiger partial charge in [0.05, 0.1) is 0 Å². The van der Waals surface area contributed by atoms with Crippen molar-refractivity contribution in [2.45, 2.75) is 6.54 Å². The second-order valence-electron chi connectivity index (χ2n) is 6.32. The van der Waals surface area contributed by atoms with Crippen molar-refractivity contribution >= 4 is 17.4 Å². The molecule has 1 amide bonds. The van der Waals surface area contributed by atoms with Gasteiger partial charge < -0.3 is 10.6 Å². The molecule has 2 aromatic carbocycles. The lowest BCUT2D eigenvalue weighted by molar-refractivity contribution is 0.102. The van der Waals surface area contributed by atoms with Crippen LogP contribution in [0.5, 0.6) is 0 Å². The minimum atomic E-state index is -0.295. The fraction of sp³-hybridized carbons (Fsp3) is 0.0455. The van der Waals surface area contributed by atoms with E-state index in [1.54, 1.807) is 35.3 Å². The number of aromatic nitrogens is 3. The fourth-order valence-corrected chi connectivity index (χ4v) is 2.79. The van der Waals surface area contributed by atoms with E-state index in [1.807, 2.05) is 42.5 Å². The number of hydrogen-bond donors (Lipinski definition) is 2. The zero-order valence-corrected chi connectivity index (χ0v) is 15.4. The summed E-state index contributed by atoms with van der Waals surface area (Å²) in [5.74, 6) is 0.417. The van der Waals surface area contributed by atoms with Crippen LogP contribution in [0.1, 0.15) is 15.9 Å². The summed E-state index contributed by atoms with van der Waals surface area (Å²) in [6, 6.07) is 20.8. The van der Waals surface area contributed by atoms with E-state index in [1.165, 1.54) is 12.1 Å². The normalized spacial score (nSPS) is 10.5. The minimum Gasteiger partial charge on any atom is -0.364 e. The van der Waals surface area contributed by atoms with Gasteiger partial charge in [-0.15, -0.1) is 5.10 Å². The lowest BCUT2D eigenvalue weighted by atomic mass is 10.2. The predicted molar refractivity (Wildman–Crippen MR) is 109 cm³/mol. The van der Waals surface area contributed by atoms with Crippen LogP contribution in [0.15, 0.2) is 85.2 Å². The van der Waals surface area contributed by atoms with Crippen LogP contribution in [0.2, 0.25) is 0 Å². The van der Waals surface area contributed by atoms with E-state index in [-0.39, 0.29) is 11.7 Å². The first-order valence-corrected chi connectivity index (χ1v) is 9.05. The van der Waals surface area contributed by atoms with Crippen molar-refractivity contribution in [2.24, 2.45) is 0 Å². The van der Waals surface area contributed by atoms with Crippen molar-refractivity contribution in [3.63, 3.8) is 0 Å². The van der Waals surface area contributed by atoms with E-state index in [2.05, 4.69) is 20.7 Å². The second-order valence-corrected chi connectivity index (χ2v) is 6.32. The summed E-state index contributed by atoms with van der Waals surface area (Å²) in [5.41, 5.74) is 1.93. The van der Waals surface area contributed by atoms with Crippen LogP contribution in [-0.2, 0) is 6.54 Å². The highest BCUT2D eigenvalue weighted by molar-refractivity contribution is 6.07. The number of nitrogens with zero attached hydrogens (tertiary/aromatic N) is 3. The van der Waals surface area contributed by atoms with E-state index < -0.39 is 0 Å². The maximum absolute atomic E-state index is 13.1. The molecule has 2 heterocycles. The molecule has 0 aliphatic carbocycles. The third kappa shape index (κ3) is 4.47. The van der Waals surface area contributed by atoms with Gasteiger partial charge in [0.1, 0.15) is 11.4 Å². The van der Waals surface area contributed by atoms with Gasteiger partial charge in [0.25, 0.3) is 5.91 Å². The number of hydrogen-bond acceptors (Lipinski definition) is 4. The number of nitrogens with one attached hydrogen (secondary N) is 2. The number of halogens is 1. The number of para-hydroxylation sites is 1. The Morgan fingerprint density at radius 3 is 2.45 bits per heavy atom. The largest absolute Gasteiger partial charge is 0.364 e. The Bertz CT molecular complexity index is 1100. The zero-order chi connectivity index (χ0) is 20.1. The molecule has 4 aromatic rings. The van der Waals surface area contributed by atoms with Crippen LogP contribution < -0.4 is 10.6 Å². The Hall–Kier alpha value is -4.00. The zero-order valence-electron chi connectivity index (χ0n) is 15.4. The highest BCUT2D eigenvalue weighted by atomic mass is 19.1. The maximum Gasteiger partial charge on any atom is 0.261 e. The van der Waals surface area contributed by atoms with Gasteiger partial charge >= 0.3 is 0 Å². The summed E-state index contributed by atoms with van der Waals surface area (Å²) in [7, 11) is 0. The van der Waals surface area contributed by atoms with Gasteiger partial charge in [-0.3, -0.25) is 4.79 Å². The van der Waals surface area contributed by atoms with Gasteiger partial charge in [0, 0.05) is 24.6 Å². The van der Waals surface area contributed by atoms with Crippen molar-refractivity contribution in [2.75, 3.05) is 10.6 Å². The molecule has 6 nitrogen and oxygen atoms in total. The van der Waals surface area contributed by atoms with Gasteiger partial charge in [-0.2, -0.15) is 0 Å². The summed E-state index contributed by atoms with van der Waals surface area (Å²) in [5, 5.41) is 10.5. The van der Waals surface area contributed by atoms with E-state index in [9.17, 15) is 9.18 Å². The molecule has 2 aromatic heterocycles. The smallest absolute Gasteiger partial charge is 0.261 e. The minimum absolute atomic E-state index is 0.292. The van der Waals surface area contributed by atoms with Crippen LogP contribution in [0.25, 0.3) is 5.82 Å². The molecule has 0 bridgehead atoms. The van der Waals surface area contributed by atoms with Crippen LogP contribution in [0.3, 0.4) is 0 Å².